The fourth-order valence-corrected chi connectivity index (χ4v) is 2.15. The molecule has 0 radical (unpaired) electrons. The number of ether oxygens (including phenoxy) is 2. The number of hydrogen-bond acceptors (Lipinski definition) is 7. The molecule has 1 N–H and O–H groups in total. The quantitative estimate of drug-likeness (QED) is 0.641. The molecule has 1 aromatic rings. The van der Waals surface area contributed by atoms with E-state index in [1.807, 2.05) is 0 Å². The van der Waals surface area contributed by atoms with Crippen molar-refractivity contribution in [2.75, 3.05) is 31.0 Å². The van der Waals surface area contributed by atoms with Gasteiger partial charge in [0.15, 0.2) is 0 Å². The van der Waals surface area contributed by atoms with E-state index in [0.29, 0.717) is 17.2 Å². The Morgan fingerprint density at radius 3 is 2.62 bits per heavy atom. The van der Waals surface area contributed by atoms with Gasteiger partial charge in [-0.15, -0.1) is 0 Å². The van der Waals surface area contributed by atoms with Gasteiger partial charge in [0.25, 0.3) is 5.91 Å². The molecule has 0 bridgehead atoms. The molecule has 0 fully saturated rings. The van der Waals surface area contributed by atoms with Crippen LogP contribution < -0.4 is 10.2 Å². The van der Waals surface area contributed by atoms with E-state index in [-0.39, 0.29) is 18.1 Å². The predicted molar refractivity (Wildman–Crippen MR) is 87.6 cm³/mol. The van der Waals surface area contributed by atoms with E-state index in [1.165, 1.54) is 19.1 Å². The average Bonchev–Trinajstić information content (AvgIpc) is 2.92. The molecule has 0 atom stereocenters. The van der Waals surface area contributed by atoms with Crippen LogP contribution in [0.5, 0.6) is 0 Å². The van der Waals surface area contributed by atoms with Gasteiger partial charge in [-0.25, -0.2) is 9.59 Å². The molecule has 126 valence electrons. The van der Waals surface area contributed by atoms with Crippen LogP contribution in [0.4, 0.5) is 11.4 Å². The summed E-state index contributed by atoms with van der Waals surface area (Å²) < 4.78 is 9.15. The van der Waals surface area contributed by atoms with Crippen LogP contribution in [0.15, 0.2) is 41.0 Å². The Labute approximate surface area is 138 Å². The minimum atomic E-state index is -0.721. The maximum absolute atomic E-state index is 11.9. The van der Waals surface area contributed by atoms with Gasteiger partial charge in [0.1, 0.15) is 18.1 Å². The Morgan fingerprint density at radius 1 is 1.29 bits per heavy atom. The van der Waals surface area contributed by atoms with E-state index in [1.54, 1.807) is 31.2 Å². The molecule has 8 nitrogen and oxygen atoms in total. The number of amides is 1. The summed E-state index contributed by atoms with van der Waals surface area (Å²) in [6.07, 6.45) is 0.992. The van der Waals surface area contributed by atoms with Gasteiger partial charge in [0, 0.05) is 5.69 Å². The molecule has 2 rings (SSSR count). The van der Waals surface area contributed by atoms with Crippen LogP contribution in [-0.2, 0) is 23.9 Å². The number of methoxy groups -OCH3 is 2. The van der Waals surface area contributed by atoms with Crippen molar-refractivity contribution >= 4 is 35.1 Å². The van der Waals surface area contributed by atoms with Crippen molar-refractivity contribution in [3.8, 4) is 0 Å². The molecule has 0 aromatic heterocycles. The Bertz CT molecular complexity index is 739. The van der Waals surface area contributed by atoms with Gasteiger partial charge in [-0.1, -0.05) is 6.07 Å². The van der Waals surface area contributed by atoms with Gasteiger partial charge in [0.2, 0.25) is 0 Å². The minimum Gasteiger partial charge on any atom is -0.466 e. The summed E-state index contributed by atoms with van der Waals surface area (Å²) in [5.41, 5.74) is 1.02. The Morgan fingerprint density at radius 2 is 2.04 bits per heavy atom. The van der Waals surface area contributed by atoms with Crippen LogP contribution in [-0.4, -0.2) is 44.4 Å². The summed E-state index contributed by atoms with van der Waals surface area (Å²) >= 11 is 0. The first kappa shape index (κ1) is 17.2. The topological polar surface area (TPSA) is 97.3 Å². The maximum Gasteiger partial charge on any atom is 0.354 e. The third-order valence-electron chi connectivity index (χ3n) is 3.27. The Kier molecular flexibility index (Phi) is 5.31. The van der Waals surface area contributed by atoms with Crippen molar-refractivity contribution in [1.29, 1.82) is 0 Å². The number of rotatable bonds is 5. The van der Waals surface area contributed by atoms with Gasteiger partial charge in [-0.2, -0.15) is 0 Å². The highest BCUT2D eigenvalue weighted by Gasteiger charge is 2.24. The Balaban J connectivity index is 2.29. The highest BCUT2D eigenvalue weighted by Crippen LogP contribution is 2.23. The molecule has 24 heavy (non-hydrogen) atoms. The van der Waals surface area contributed by atoms with Crippen molar-refractivity contribution < 1.29 is 23.9 Å². The monoisotopic (exact) mass is 331 g/mol. The first-order valence-electron chi connectivity index (χ1n) is 7.05. The van der Waals surface area contributed by atoms with Gasteiger partial charge in [0.05, 0.1) is 26.0 Å². The molecule has 1 heterocycles. The Hall–Kier alpha value is -3.16. The lowest BCUT2D eigenvalue weighted by atomic mass is 10.2. The number of anilines is 2. The van der Waals surface area contributed by atoms with E-state index in [9.17, 15) is 14.4 Å². The maximum atomic E-state index is 11.9. The zero-order valence-electron chi connectivity index (χ0n) is 13.5. The molecule has 0 unspecified atom stereocenters. The smallest absolute Gasteiger partial charge is 0.354 e. The summed E-state index contributed by atoms with van der Waals surface area (Å²) in [4.78, 5) is 40.6. The molecule has 8 heteroatoms. The first-order valence-corrected chi connectivity index (χ1v) is 7.05. The van der Waals surface area contributed by atoms with E-state index in [2.05, 4.69) is 19.8 Å². The number of nitrogens with zero attached hydrogens (tertiary/aromatic N) is 2. The van der Waals surface area contributed by atoms with Crippen molar-refractivity contribution in [2.45, 2.75) is 6.92 Å². The molecule has 0 aliphatic carbocycles. The summed E-state index contributed by atoms with van der Waals surface area (Å²) in [7, 11) is 2.41. The number of benzene rings is 1. The molecule has 0 saturated carbocycles. The number of carbonyl (C=O) groups is 3. The molecule has 1 aromatic carbocycles. The third-order valence-corrected chi connectivity index (χ3v) is 3.27. The number of amidine groups is 1. The highest BCUT2D eigenvalue weighted by molar-refractivity contribution is 6.20. The highest BCUT2D eigenvalue weighted by atomic mass is 16.5. The third kappa shape index (κ3) is 3.78. The second-order valence-corrected chi connectivity index (χ2v) is 4.84. The van der Waals surface area contributed by atoms with Gasteiger partial charge < -0.3 is 14.8 Å². The summed E-state index contributed by atoms with van der Waals surface area (Å²) in [6.45, 7) is 1.85. The van der Waals surface area contributed by atoms with Crippen LogP contribution in [0, 0.1) is 0 Å². The molecule has 0 spiro atoms. The number of nitrogens with one attached hydrogen (secondary N) is 1. The molecular formula is C16H17N3O5. The van der Waals surface area contributed by atoms with Gasteiger partial charge in [-0.3, -0.25) is 14.7 Å². The molecular weight excluding hydrogens is 314 g/mol. The predicted octanol–water partition coefficient (Wildman–Crippen LogP) is 1.09. The fraction of sp³-hybridized carbons (Fsp3) is 0.250. The van der Waals surface area contributed by atoms with Crippen molar-refractivity contribution in [2.24, 2.45) is 4.99 Å². The SMILES string of the molecule is COC(=O)/C=C(/Nc1cccc(N2C(=O)CN=C2C)c1)C(=O)OC. The fourth-order valence-electron chi connectivity index (χ4n) is 2.15. The zero-order valence-corrected chi connectivity index (χ0v) is 13.5. The lowest BCUT2D eigenvalue weighted by Gasteiger charge is -2.17. The summed E-state index contributed by atoms with van der Waals surface area (Å²) in [5, 5.41) is 2.80. The standard InChI is InChI=1S/C16H17N3O5/c1-10-17-9-14(20)19(10)12-6-4-5-11(7-12)18-13(16(22)24-3)8-15(21)23-2/h4-8,18H,9H2,1-3H3/b13-8+. The van der Waals surface area contributed by atoms with E-state index >= 15 is 0 Å². The molecule has 1 aliphatic rings. The first-order chi connectivity index (χ1) is 11.5. The number of hydrogen-bond donors (Lipinski definition) is 1. The van der Waals surface area contributed by atoms with Crippen molar-refractivity contribution in [3.63, 3.8) is 0 Å². The van der Waals surface area contributed by atoms with E-state index in [4.69, 9.17) is 0 Å². The second-order valence-electron chi connectivity index (χ2n) is 4.84. The van der Waals surface area contributed by atoms with Crippen LogP contribution >= 0.6 is 0 Å². The largest absolute Gasteiger partial charge is 0.466 e. The minimum absolute atomic E-state index is 0.0837. The molecule has 1 aliphatic heterocycles. The zero-order chi connectivity index (χ0) is 17.7. The van der Waals surface area contributed by atoms with Crippen LogP contribution in [0.25, 0.3) is 0 Å². The molecule has 1 amide bonds. The second kappa shape index (κ2) is 7.40. The number of carbonyl (C=O) groups excluding carboxylic acids is 3. The summed E-state index contributed by atoms with van der Waals surface area (Å²) in [6, 6.07) is 6.81. The van der Waals surface area contributed by atoms with E-state index < -0.39 is 11.9 Å². The van der Waals surface area contributed by atoms with Gasteiger partial charge in [-0.05, 0) is 25.1 Å². The molecule has 0 saturated heterocycles. The van der Waals surface area contributed by atoms with Crippen LogP contribution in [0.1, 0.15) is 6.92 Å². The lowest BCUT2D eigenvalue weighted by molar-refractivity contribution is -0.138. The number of esters is 2. The normalized spacial score (nSPS) is 14.3. The number of aliphatic imine (C=N–C) groups is 1. The summed E-state index contributed by atoms with van der Waals surface area (Å²) in [5.74, 6) is -0.962. The van der Waals surface area contributed by atoms with Crippen molar-refractivity contribution in [3.05, 3.63) is 36.0 Å². The average molecular weight is 331 g/mol. The van der Waals surface area contributed by atoms with Crippen LogP contribution in [0.2, 0.25) is 0 Å². The van der Waals surface area contributed by atoms with Crippen molar-refractivity contribution in [1.82, 2.24) is 0 Å². The van der Waals surface area contributed by atoms with E-state index in [0.717, 1.165) is 6.08 Å². The van der Waals surface area contributed by atoms with Gasteiger partial charge >= 0.3 is 11.9 Å². The lowest BCUT2D eigenvalue weighted by Crippen LogP contribution is -2.30. The van der Waals surface area contributed by atoms with Crippen LogP contribution in [0.3, 0.4) is 0 Å².